The summed E-state index contributed by atoms with van der Waals surface area (Å²) in [5.41, 5.74) is 12.3. The molecule has 570 valence electrons. The van der Waals surface area contributed by atoms with Crippen LogP contribution in [0.3, 0.4) is 0 Å². The third-order valence-electron chi connectivity index (χ3n) is 16.8. The summed E-state index contributed by atoms with van der Waals surface area (Å²) in [6.45, 7) is 7.47. The van der Waals surface area contributed by atoms with Crippen molar-refractivity contribution in [1.29, 1.82) is 0 Å². The van der Waals surface area contributed by atoms with Gasteiger partial charge in [-0.05, 0) is 118 Å². The summed E-state index contributed by atoms with van der Waals surface area (Å²) in [5, 5.41) is 47.2. The van der Waals surface area contributed by atoms with Crippen LogP contribution in [0.2, 0.25) is 0 Å². The van der Waals surface area contributed by atoms with Crippen LogP contribution in [-0.4, -0.2) is 83.9 Å². The first-order valence-corrected chi connectivity index (χ1v) is 35.8. The molecule has 28 heteroatoms. The van der Waals surface area contributed by atoms with Crippen LogP contribution in [0.5, 0.6) is 0 Å². The minimum Gasteiger partial charge on any atom is -0.392 e. The number of amides is 4. The van der Waals surface area contributed by atoms with E-state index in [9.17, 15) is 49.9 Å². The molecular formula is C83H74F7IN12O8. The van der Waals surface area contributed by atoms with E-state index in [-0.39, 0.29) is 50.5 Å². The van der Waals surface area contributed by atoms with Crippen LogP contribution < -0.4 is 21.3 Å². The second kappa shape index (κ2) is 40.5. The van der Waals surface area contributed by atoms with E-state index in [1.54, 1.807) is 74.0 Å². The maximum Gasteiger partial charge on any atom is 0.256 e. The molecule has 20 nitrogen and oxygen atoms in total. The van der Waals surface area contributed by atoms with Gasteiger partial charge in [0.2, 0.25) is 23.5 Å². The van der Waals surface area contributed by atoms with E-state index in [1.165, 1.54) is 12.3 Å². The number of anilines is 4. The topological polar surface area (TPSA) is 300 Å². The minimum absolute atomic E-state index is 0.00657. The van der Waals surface area contributed by atoms with Crippen molar-refractivity contribution in [1.82, 2.24) is 39.9 Å². The molecule has 0 saturated heterocycles. The molecule has 0 aliphatic carbocycles. The van der Waals surface area contributed by atoms with Crippen molar-refractivity contribution in [3.8, 4) is 45.0 Å². The lowest BCUT2D eigenvalue weighted by molar-refractivity contribution is -0.116. The minimum atomic E-state index is -2.29. The smallest absolute Gasteiger partial charge is 0.256 e. The fraction of sp³-hybridized carbons (Fsp3) is 0.181. The molecule has 4 heterocycles. The Balaban J connectivity index is 0.000000171. The normalized spacial score (nSPS) is 10.7. The van der Waals surface area contributed by atoms with Crippen LogP contribution in [0.25, 0.3) is 45.0 Å². The highest BCUT2D eigenvalue weighted by molar-refractivity contribution is 14.1. The van der Waals surface area contributed by atoms with Crippen molar-refractivity contribution < 1.29 is 70.3 Å². The molecule has 4 amide bonds. The lowest BCUT2D eigenvalue weighted by Gasteiger charge is -2.12. The maximum absolute atomic E-state index is 13.8. The highest BCUT2D eigenvalue weighted by Gasteiger charge is 2.28. The first kappa shape index (κ1) is 83.1. The Morgan fingerprint density at radius 2 is 0.640 bits per heavy atom. The van der Waals surface area contributed by atoms with E-state index in [2.05, 4.69) is 83.7 Å². The number of hydrogen-bond donors (Lipinski definition) is 8. The van der Waals surface area contributed by atoms with Gasteiger partial charge in [-0.25, -0.2) is 70.6 Å². The van der Waals surface area contributed by atoms with Gasteiger partial charge >= 0.3 is 0 Å². The van der Waals surface area contributed by atoms with Gasteiger partial charge < -0.3 is 41.7 Å². The molecule has 4 aromatic heterocycles. The molecule has 0 aliphatic heterocycles. The first-order chi connectivity index (χ1) is 53.5. The average molecular weight is 1630 g/mol. The fourth-order valence-corrected chi connectivity index (χ4v) is 11.0. The average Bonchev–Trinajstić information content (AvgIpc) is 0.805. The Morgan fingerprint density at radius 3 is 0.964 bits per heavy atom. The van der Waals surface area contributed by atoms with Crippen molar-refractivity contribution in [2.75, 3.05) is 21.3 Å². The number of carbonyl (C=O) groups excluding carboxylic acids is 4. The van der Waals surface area contributed by atoms with Crippen LogP contribution in [-0.2, 0) is 85.8 Å². The van der Waals surface area contributed by atoms with E-state index in [0.29, 0.717) is 94.6 Å². The van der Waals surface area contributed by atoms with Crippen LogP contribution >= 0.6 is 22.6 Å². The predicted molar refractivity (Wildman–Crippen MR) is 414 cm³/mol. The standard InChI is InChI=1S/C21H16F5N3O2.C21H19F2N3O2.C21H20IN3O2.C20H19N3O2/c1-2-13-21(27-8-14(28-13)11-5-3-10(9-30)4-6-11)29-15(31)7-12-16(22)18(24)20(26)19(25)17(12)23;1-2-18-21(26-20(28)10-14-5-8-16(22)17(23)9-14)24-11-19(25-18)15-6-3-13(12-27)4-7-15;1-2-18-21(25-20(27)11-14-5-9-17(22)10-6-14)23-12-19(24-18)16-7-3-15(13-26)4-8-16;1-2-17-19(23-20(25)16-6-4-3-5-7-16)21-12-18(22-17)15-10-8-14(13-24)9-11-15/h3-6,8,30H,2,7,9H2,1H3,(H,27,29,31);3-9,11,27H,2,10,12H2,1H3,(H,24,26,28);3-10,12,26H,2,11,13H2,1H3,(H,23,25,27);3-12,24H,2,13H2,1H3,(H,21,23,25). The van der Waals surface area contributed by atoms with E-state index < -0.39 is 64.5 Å². The number of aryl methyl sites for hydroxylation is 4. The molecule has 8 aromatic carbocycles. The van der Waals surface area contributed by atoms with Gasteiger partial charge in [-0.3, -0.25) is 19.2 Å². The number of aliphatic hydroxyl groups is 4. The molecule has 12 rings (SSSR count). The number of nitrogens with one attached hydrogen (secondary N) is 4. The molecule has 0 aliphatic rings. The van der Waals surface area contributed by atoms with E-state index in [0.717, 1.165) is 77.4 Å². The molecule has 0 spiro atoms. The maximum atomic E-state index is 13.8. The second-order valence-corrected chi connectivity index (χ2v) is 25.7. The summed E-state index contributed by atoms with van der Waals surface area (Å²) >= 11 is 2.24. The zero-order valence-corrected chi connectivity index (χ0v) is 62.4. The van der Waals surface area contributed by atoms with Crippen molar-refractivity contribution >= 4 is 69.5 Å². The molecule has 0 saturated carbocycles. The Bertz CT molecular complexity index is 5190. The third-order valence-corrected chi connectivity index (χ3v) is 17.5. The van der Waals surface area contributed by atoms with Gasteiger partial charge in [0.25, 0.3) is 5.91 Å². The van der Waals surface area contributed by atoms with Crippen molar-refractivity contribution in [3.05, 3.63) is 306 Å². The Hall–Kier alpha value is -12.0. The predicted octanol–water partition coefficient (Wildman–Crippen LogP) is 15.2. The van der Waals surface area contributed by atoms with Crippen molar-refractivity contribution in [2.45, 2.75) is 99.1 Å². The van der Waals surface area contributed by atoms with Gasteiger partial charge in [0, 0.05) is 37.0 Å². The zero-order valence-electron chi connectivity index (χ0n) is 60.3. The molecule has 111 heavy (non-hydrogen) atoms. The zero-order chi connectivity index (χ0) is 79.7. The molecule has 0 radical (unpaired) electrons. The molecule has 0 bridgehead atoms. The van der Waals surface area contributed by atoms with E-state index in [1.807, 2.05) is 124 Å². The van der Waals surface area contributed by atoms with Gasteiger partial charge in [0.1, 0.15) is 0 Å². The monoisotopic (exact) mass is 1630 g/mol. The van der Waals surface area contributed by atoms with Gasteiger partial charge in [-0.2, -0.15) is 0 Å². The number of aromatic nitrogens is 8. The van der Waals surface area contributed by atoms with Crippen LogP contribution in [0.15, 0.2) is 195 Å². The fourth-order valence-electron chi connectivity index (χ4n) is 10.7. The number of aliphatic hydroxyl groups excluding tert-OH is 4. The van der Waals surface area contributed by atoms with Crippen LogP contribution in [0.1, 0.15) is 99.8 Å². The summed E-state index contributed by atoms with van der Waals surface area (Å²) in [6, 6.07) is 49.5. The quantitative estimate of drug-likeness (QED) is 0.0128. The largest absolute Gasteiger partial charge is 0.392 e. The summed E-state index contributed by atoms with van der Waals surface area (Å²) in [4.78, 5) is 84.6. The number of rotatable bonds is 23. The highest BCUT2D eigenvalue weighted by atomic mass is 127. The third kappa shape index (κ3) is 22.8. The molecule has 0 atom stereocenters. The Labute approximate surface area is 647 Å². The van der Waals surface area contributed by atoms with Gasteiger partial charge in [0.05, 0.1) is 116 Å². The number of hydrogen-bond acceptors (Lipinski definition) is 16. The summed E-state index contributed by atoms with van der Waals surface area (Å²) in [6.07, 6.45) is 7.54. The lowest BCUT2D eigenvalue weighted by Crippen LogP contribution is -2.20. The summed E-state index contributed by atoms with van der Waals surface area (Å²) < 4.78 is 94.8. The molecule has 8 N–H and O–H groups in total. The summed E-state index contributed by atoms with van der Waals surface area (Å²) in [7, 11) is 0. The van der Waals surface area contributed by atoms with Crippen molar-refractivity contribution in [2.24, 2.45) is 0 Å². The number of benzene rings is 8. The van der Waals surface area contributed by atoms with Gasteiger partial charge in [-0.15, -0.1) is 0 Å². The van der Waals surface area contributed by atoms with E-state index >= 15 is 0 Å². The van der Waals surface area contributed by atoms with E-state index in [4.69, 9.17) is 20.4 Å². The van der Waals surface area contributed by atoms with Crippen molar-refractivity contribution in [3.63, 3.8) is 0 Å². The lowest BCUT2D eigenvalue weighted by atomic mass is 10.1. The molecule has 0 fully saturated rings. The molecule has 12 aromatic rings. The van der Waals surface area contributed by atoms with Crippen LogP contribution in [0.4, 0.5) is 54.0 Å². The van der Waals surface area contributed by atoms with Gasteiger partial charge in [0.15, 0.2) is 58.2 Å². The van der Waals surface area contributed by atoms with Crippen LogP contribution in [0, 0.1) is 44.3 Å². The second-order valence-electron chi connectivity index (χ2n) is 24.5. The SMILES string of the molecule is CCc1nc(-c2ccc(CO)cc2)cnc1NC(=O)Cc1c(F)c(F)c(F)c(F)c1F.CCc1nc(-c2ccc(CO)cc2)cnc1NC(=O)Cc1ccc(F)c(F)c1.CCc1nc(-c2ccc(CO)cc2)cnc1NC(=O)Cc1ccc(I)cc1.CCc1nc(-c2ccc(CO)cc2)cnc1NC(=O)c1ccccc1. The first-order valence-electron chi connectivity index (χ1n) is 34.7. The molecule has 0 unspecified atom stereocenters. The Kier molecular flexibility index (Phi) is 30.3. The highest BCUT2D eigenvalue weighted by Crippen LogP contribution is 2.29. The summed E-state index contributed by atoms with van der Waals surface area (Å²) in [5.74, 6) is -13.0. The number of halogens is 8. The van der Waals surface area contributed by atoms with Gasteiger partial charge in [-0.1, -0.05) is 161 Å². The number of carbonyl (C=O) groups is 4. The number of nitrogens with zero attached hydrogens (tertiary/aromatic N) is 8. The molecular weight excluding hydrogens is 1550 g/mol. The Morgan fingerprint density at radius 1 is 0.342 bits per heavy atom.